The number of benzene rings is 1. The summed E-state index contributed by atoms with van der Waals surface area (Å²) in [5.74, 6) is -0.726. The molecule has 1 aromatic rings. The van der Waals surface area contributed by atoms with Gasteiger partial charge < -0.3 is 0 Å². The zero-order chi connectivity index (χ0) is 20.4. The number of fused-ring (bicyclic) bond motifs is 2. The Labute approximate surface area is 161 Å². The maximum Gasteiger partial charge on any atom is 0.241 e. The minimum Gasteiger partial charge on any atom is -0.274 e. The van der Waals surface area contributed by atoms with Crippen LogP contribution in [0.2, 0.25) is 0 Å². The lowest BCUT2D eigenvalue weighted by Gasteiger charge is -2.47. The second kappa shape index (κ2) is 5.88. The van der Waals surface area contributed by atoms with Gasteiger partial charge in [-0.05, 0) is 57.2 Å². The number of anilines is 1. The molecule has 1 aliphatic carbocycles. The number of carbonyl (C=O) groups excluding carboxylic acids is 2. The van der Waals surface area contributed by atoms with E-state index in [0.29, 0.717) is 18.5 Å². The standard InChI is InChI=1S/C20H28N2O4S/c1-18(2,3)21-27(25,26)14-9-7-8-13(12-14)22-16(23)15-10-11-20(6,17(22)24)19(15,4)5/h7-9,12,15,21H,10-11H2,1-6H3/t15-,20+/m1/s1. The number of hydrogen-bond acceptors (Lipinski definition) is 4. The molecule has 0 aromatic heterocycles. The largest absolute Gasteiger partial charge is 0.274 e. The average molecular weight is 393 g/mol. The van der Waals surface area contributed by atoms with E-state index in [0.717, 1.165) is 0 Å². The predicted molar refractivity (Wildman–Crippen MR) is 104 cm³/mol. The summed E-state index contributed by atoms with van der Waals surface area (Å²) in [6.45, 7) is 11.1. The van der Waals surface area contributed by atoms with Crippen LogP contribution in [-0.4, -0.2) is 25.8 Å². The highest BCUT2D eigenvalue weighted by molar-refractivity contribution is 7.89. The molecule has 0 unspecified atom stereocenters. The lowest BCUT2D eigenvalue weighted by atomic mass is 9.62. The molecule has 2 amide bonds. The summed E-state index contributed by atoms with van der Waals surface area (Å²) in [5, 5.41) is 0. The number of amides is 2. The van der Waals surface area contributed by atoms with Crippen LogP contribution in [-0.2, 0) is 19.6 Å². The molecule has 1 heterocycles. The van der Waals surface area contributed by atoms with Gasteiger partial charge in [-0.15, -0.1) is 0 Å². The lowest BCUT2D eigenvalue weighted by Crippen LogP contribution is -2.59. The molecule has 3 rings (SSSR count). The fourth-order valence-corrected chi connectivity index (χ4v) is 5.77. The van der Waals surface area contributed by atoms with Gasteiger partial charge in [0.1, 0.15) is 0 Å². The van der Waals surface area contributed by atoms with E-state index in [4.69, 9.17) is 0 Å². The molecule has 7 heteroatoms. The Kier molecular flexibility index (Phi) is 4.36. The number of imide groups is 1. The van der Waals surface area contributed by atoms with Gasteiger partial charge in [-0.1, -0.05) is 26.8 Å². The number of nitrogens with zero attached hydrogens (tertiary/aromatic N) is 1. The van der Waals surface area contributed by atoms with Crippen LogP contribution in [0.1, 0.15) is 54.4 Å². The molecule has 2 aliphatic rings. The minimum atomic E-state index is -3.76. The van der Waals surface area contributed by atoms with Gasteiger partial charge in [-0.3, -0.25) is 9.59 Å². The van der Waals surface area contributed by atoms with Gasteiger partial charge in [0.05, 0.1) is 16.0 Å². The number of carbonyl (C=O) groups is 2. The van der Waals surface area contributed by atoms with Crippen molar-refractivity contribution >= 4 is 27.5 Å². The smallest absolute Gasteiger partial charge is 0.241 e. The number of hydrogen-bond donors (Lipinski definition) is 1. The van der Waals surface area contributed by atoms with Crippen molar-refractivity contribution in [2.24, 2.45) is 16.7 Å². The summed E-state index contributed by atoms with van der Waals surface area (Å²) in [6, 6.07) is 6.06. The molecule has 2 fully saturated rings. The summed E-state index contributed by atoms with van der Waals surface area (Å²) < 4.78 is 27.9. The van der Waals surface area contributed by atoms with Crippen molar-refractivity contribution in [3.8, 4) is 0 Å². The fourth-order valence-electron chi connectivity index (χ4n) is 4.31. The Hall–Kier alpha value is -1.73. The van der Waals surface area contributed by atoms with Crippen molar-refractivity contribution in [2.75, 3.05) is 4.90 Å². The van der Waals surface area contributed by atoms with E-state index in [1.54, 1.807) is 32.9 Å². The van der Waals surface area contributed by atoms with E-state index in [9.17, 15) is 18.0 Å². The van der Waals surface area contributed by atoms with Crippen molar-refractivity contribution in [3.63, 3.8) is 0 Å². The molecule has 0 radical (unpaired) electrons. The van der Waals surface area contributed by atoms with Gasteiger partial charge in [-0.2, -0.15) is 0 Å². The van der Waals surface area contributed by atoms with E-state index in [2.05, 4.69) is 4.72 Å². The Morgan fingerprint density at radius 3 is 2.37 bits per heavy atom. The molecule has 1 saturated heterocycles. The zero-order valence-corrected chi connectivity index (χ0v) is 17.6. The first-order valence-corrected chi connectivity index (χ1v) is 10.7. The summed E-state index contributed by atoms with van der Waals surface area (Å²) >= 11 is 0. The van der Waals surface area contributed by atoms with Crippen LogP contribution < -0.4 is 9.62 Å². The third-order valence-electron chi connectivity index (χ3n) is 6.25. The minimum absolute atomic E-state index is 0.0397. The maximum atomic E-state index is 13.3. The maximum absolute atomic E-state index is 13.3. The molecule has 2 bridgehead atoms. The van der Waals surface area contributed by atoms with Gasteiger partial charge in [0.25, 0.3) is 0 Å². The monoisotopic (exact) mass is 392 g/mol. The molecule has 27 heavy (non-hydrogen) atoms. The van der Waals surface area contributed by atoms with Crippen LogP contribution in [0.25, 0.3) is 0 Å². The quantitative estimate of drug-likeness (QED) is 0.801. The summed E-state index contributed by atoms with van der Waals surface area (Å²) in [4.78, 5) is 27.6. The van der Waals surface area contributed by atoms with Crippen LogP contribution >= 0.6 is 0 Å². The Bertz CT molecular complexity index is 914. The third-order valence-corrected chi connectivity index (χ3v) is 8.00. The van der Waals surface area contributed by atoms with E-state index in [-0.39, 0.29) is 22.6 Å². The number of rotatable bonds is 3. The first-order chi connectivity index (χ1) is 12.2. The fraction of sp³-hybridized carbons (Fsp3) is 0.600. The second-order valence-corrected chi connectivity index (χ2v) is 11.2. The Morgan fingerprint density at radius 1 is 1.15 bits per heavy atom. The number of sulfonamides is 1. The predicted octanol–water partition coefficient (Wildman–Crippen LogP) is 3.08. The molecule has 0 spiro atoms. The highest BCUT2D eigenvalue weighted by Crippen LogP contribution is 2.60. The molecular formula is C20H28N2O4S. The average Bonchev–Trinajstić information content (AvgIpc) is 2.69. The topological polar surface area (TPSA) is 83.6 Å². The van der Waals surface area contributed by atoms with Crippen molar-refractivity contribution in [2.45, 2.75) is 64.8 Å². The molecule has 6 nitrogen and oxygen atoms in total. The van der Waals surface area contributed by atoms with Crippen LogP contribution in [0.3, 0.4) is 0 Å². The van der Waals surface area contributed by atoms with Gasteiger partial charge in [0.2, 0.25) is 21.8 Å². The third kappa shape index (κ3) is 3.01. The van der Waals surface area contributed by atoms with Gasteiger partial charge in [-0.25, -0.2) is 18.0 Å². The SMILES string of the molecule is CC(C)(C)NS(=O)(=O)c1cccc(N2C(=O)[C@H]3CC[C@@](C)(C2=O)C3(C)C)c1. The van der Waals surface area contributed by atoms with Crippen molar-refractivity contribution in [1.29, 1.82) is 0 Å². The van der Waals surface area contributed by atoms with Crippen LogP contribution in [0.4, 0.5) is 5.69 Å². The van der Waals surface area contributed by atoms with Crippen molar-refractivity contribution in [3.05, 3.63) is 24.3 Å². The van der Waals surface area contributed by atoms with E-state index < -0.39 is 26.4 Å². The first-order valence-electron chi connectivity index (χ1n) is 9.23. The molecule has 148 valence electrons. The summed E-state index contributed by atoms with van der Waals surface area (Å²) in [7, 11) is -3.76. The Balaban J connectivity index is 2.04. The van der Waals surface area contributed by atoms with Gasteiger partial charge >= 0.3 is 0 Å². The number of nitrogens with one attached hydrogen (secondary N) is 1. The molecule has 1 aliphatic heterocycles. The molecule has 1 aromatic carbocycles. The van der Waals surface area contributed by atoms with Crippen LogP contribution in [0.15, 0.2) is 29.2 Å². The van der Waals surface area contributed by atoms with Crippen LogP contribution in [0, 0.1) is 16.7 Å². The van der Waals surface area contributed by atoms with Crippen molar-refractivity contribution in [1.82, 2.24) is 4.72 Å². The molecule has 1 saturated carbocycles. The number of piperidine rings is 1. The normalized spacial score (nSPS) is 27.9. The van der Waals surface area contributed by atoms with Gasteiger partial charge in [0.15, 0.2) is 0 Å². The molecule has 1 N–H and O–H groups in total. The van der Waals surface area contributed by atoms with E-state index >= 15 is 0 Å². The summed E-state index contributed by atoms with van der Waals surface area (Å²) in [5.41, 5.74) is -1.36. The lowest BCUT2D eigenvalue weighted by molar-refractivity contribution is -0.146. The van der Waals surface area contributed by atoms with E-state index in [1.807, 2.05) is 20.8 Å². The van der Waals surface area contributed by atoms with Crippen LogP contribution in [0.5, 0.6) is 0 Å². The van der Waals surface area contributed by atoms with Gasteiger partial charge in [0, 0.05) is 11.5 Å². The summed E-state index contributed by atoms with van der Waals surface area (Å²) in [6.07, 6.45) is 1.34. The Morgan fingerprint density at radius 2 is 1.78 bits per heavy atom. The van der Waals surface area contributed by atoms with E-state index in [1.165, 1.54) is 17.0 Å². The zero-order valence-electron chi connectivity index (χ0n) is 16.8. The first kappa shape index (κ1) is 20.0. The highest BCUT2D eigenvalue weighted by Gasteiger charge is 2.64. The second-order valence-electron chi connectivity index (χ2n) is 9.48. The molecular weight excluding hydrogens is 364 g/mol. The highest BCUT2D eigenvalue weighted by atomic mass is 32.2. The van der Waals surface area contributed by atoms with Crippen molar-refractivity contribution < 1.29 is 18.0 Å². The molecule has 2 atom stereocenters.